The summed E-state index contributed by atoms with van der Waals surface area (Å²) in [4.78, 5) is 1.09. The van der Waals surface area contributed by atoms with Gasteiger partial charge >= 0.3 is 0 Å². The zero-order valence-electron chi connectivity index (χ0n) is 14.5. The van der Waals surface area contributed by atoms with Crippen LogP contribution >= 0.6 is 11.3 Å². The van der Waals surface area contributed by atoms with Crippen molar-refractivity contribution in [1.82, 2.24) is 9.78 Å². The molecule has 0 aliphatic carbocycles. The van der Waals surface area contributed by atoms with E-state index < -0.39 is 10.0 Å². The predicted octanol–water partition coefficient (Wildman–Crippen LogP) is 4.41. The summed E-state index contributed by atoms with van der Waals surface area (Å²) >= 11 is 1.49. The molecule has 0 saturated heterocycles. The van der Waals surface area contributed by atoms with Gasteiger partial charge in [0.05, 0.1) is 10.6 Å². The zero-order valence-corrected chi connectivity index (χ0v) is 16.1. The molecule has 0 radical (unpaired) electrons. The van der Waals surface area contributed by atoms with Gasteiger partial charge in [-0.05, 0) is 44.4 Å². The first-order chi connectivity index (χ1) is 11.9. The number of thiophene rings is 1. The summed E-state index contributed by atoms with van der Waals surface area (Å²) in [6, 6.07) is 13.0. The van der Waals surface area contributed by atoms with E-state index >= 15 is 0 Å². The number of anilines is 1. The van der Waals surface area contributed by atoms with Crippen LogP contribution in [0.5, 0.6) is 0 Å². The second kappa shape index (κ2) is 7.01. The summed E-state index contributed by atoms with van der Waals surface area (Å²) in [5, 5.41) is 6.48. The summed E-state index contributed by atoms with van der Waals surface area (Å²) in [5.74, 6) is 0. The molecule has 0 aliphatic heterocycles. The third-order valence-corrected chi connectivity index (χ3v) is 6.66. The Labute approximate surface area is 152 Å². The lowest BCUT2D eigenvalue weighted by Crippen LogP contribution is -2.30. The fourth-order valence-corrected chi connectivity index (χ4v) is 5.02. The van der Waals surface area contributed by atoms with E-state index in [1.165, 1.54) is 15.6 Å². The first-order valence-corrected chi connectivity index (χ1v) is 10.5. The summed E-state index contributed by atoms with van der Waals surface area (Å²) in [7, 11) is -3.72. The normalized spacial score (nSPS) is 11.8. The highest BCUT2D eigenvalue weighted by atomic mass is 32.2. The number of hydrogen-bond acceptors (Lipinski definition) is 4. The summed E-state index contributed by atoms with van der Waals surface area (Å²) in [6.07, 6.45) is 1.64. The van der Waals surface area contributed by atoms with Gasteiger partial charge in [0.15, 0.2) is 0 Å². The van der Waals surface area contributed by atoms with Crippen LogP contribution in [0, 0.1) is 0 Å². The molecule has 1 aromatic carbocycles. The predicted molar refractivity (Wildman–Crippen MR) is 103 cm³/mol. The lowest BCUT2D eigenvalue weighted by molar-refractivity contribution is 0.532. The number of hydrogen-bond donors (Lipinski definition) is 0. The molecule has 0 N–H and O–H groups in total. The van der Waals surface area contributed by atoms with Crippen LogP contribution in [0.25, 0.3) is 10.6 Å². The van der Waals surface area contributed by atoms with Crippen molar-refractivity contribution in [3.05, 3.63) is 54.0 Å². The molecule has 0 unspecified atom stereocenters. The van der Waals surface area contributed by atoms with Gasteiger partial charge in [-0.3, -0.25) is 8.99 Å². The number of para-hydroxylation sites is 1. The third-order valence-electron chi connectivity index (χ3n) is 3.88. The van der Waals surface area contributed by atoms with Gasteiger partial charge in [-0.25, -0.2) is 8.42 Å². The van der Waals surface area contributed by atoms with Gasteiger partial charge in [0.2, 0.25) is 0 Å². The average Bonchev–Trinajstić information content (AvgIpc) is 3.26. The Kier molecular flexibility index (Phi) is 4.96. The fraction of sp³-hybridized carbons (Fsp3) is 0.278. The lowest BCUT2D eigenvalue weighted by atomic mass is 10.3. The van der Waals surface area contributed by atoms with Crippen molar-refractivity contribution < 1.29 is 8.42 Å². The van der Waals surface area contributed by atoms with Gasteiger partial charge in [0.25, 0.3) is 10.0 Å². The number of nitrogens with zero attached hydrogens (tertiary/aromatic N) is 3. The minimum atomic E-state index is -3.72. The van der Waals surface area contributed by atoms with Gasteiger partial charge < -0.3 is 0 Å². The Balaban J connectivity index is 2.16. The smallest absolute Gasteiger partial charge is 0.268 e. The standard InChI is InChI=1S/C18H21N3O2S2/c1-4-21(15-9-6-5-7-10-15)25(22,23)17-13-20(14(2)3)19-18(17)16-11-8-12-24-16/h5-14H,4H2,1-3H3. The zero-order chi connectivity index (χ0) is 18.0. The first kappa shape index (κ1) is 17.7. The van der Waals surface area contributed by atoms with Crippen LogP contribution in [0.3, 0.4) is 0 Å². The summed E-state index contributed by atoms with van der Waals surface area (Å²) in [6.45, 7) is 6.15. The molecule has 0 bridgehead atoms. The highest BCUT2D eigenvalue weighted by molar-refractivity contribution is 7.93. The van der Waals surface area contributed by atoms with Crippen molar-refractivity contribution in [2.24, 2.45) is 0 Å². The third kappa shape index (κ3) is 3.34. The molecule has 3 rings (SSSR count). The van der Waals surface area contributed by atoms with E-state index in [2.05, 4.69) is 5.10 Å². The Bertz CT molecular complexity index is 930. The van der Waals surface area contributed by atoms with Crippen molar-refractivity contribution in [2.75, 3.05) is 10.8 Å². The Morgan fingerprint density at radius 2 is 1.88 bits per heavy atom. The molecule has 2 heterocycles. The second-order valence-corrected chi connectivity index (χ2v) is 8.68. The minimum absolute atomic E-state index is 0.0782. The number of benzene rings is 1. The lowest BCUT2D eigenvalue weighted by Gasteiger charge is -2.22. The fourth-order valence-electron chi connectivity index (χ4n) is 2.62. The van der Waals surface area contributed by atoms with Crippen molar-refractivity contribution in [2.45, 2.75) is 31.7 Å². The van der Waals surface area contributed by atoms with Crippen LogP contribution in [-0.4, -0.2) is 24.7 Å². The van der Waals surface area contributed by atoms with Gasteiger partial charge in [-0.2, -0.15) is 5.10 Å². The molecular weight excluding hydrogens is 354 g/mol. The quantitative estimate of drug-likeness (QED) is 0.641. The van der Waals surface area contributed by atoms with Crippen molar-refractivity contribution in [3.8, 4) is 10.6 Å². The topological polar surface area (TPSA) is 55.2 Å². The molecule has 0 saturated carbocycles. The largest absolute Gasteiger partial charge is 0.268 e. The Hall–Kier alpha value is -2.12. The summed E-state index contributed by atoms with van der Waals surface area (Å²) in [5.41, 5.74) is 1.16. The van der Waals surface area contributed by atoms with Gasteiger partial charge in [0.1, 0.15) is 10.6 Å². The summed E-state index contributed by atoms with van der Waals surface area (Å²) < 4.78 is 29.9. The molecule has 2 aromatic heterocycles. The molecule has 0 atom stereocenters. The molecule has 3 aromatic rings. The van der Waals surface area contributed by atoms with E-state index in [9.17, 15) is 8.42 Å². The molecule has 5 nitrogen and oxygen atoms in total. The highest BCUT2D eigenvalue weighted by Crippen LogP contribution is 2.33. The van der Waals surface area contributed by atoms with E-state index in [1.807, 2.05) is 56.5 Å². The highest BCUT2D eigenvalue weighted by Gasteiger charge is 2.30. The molecular formula is C18H21N3O2S2. The molecule has 0 amide bonds. The van der Waals surface area contributed by atoms with E-state index in [4.69, 9.17) is 0 Å². The van der Waals surface area contributed by atoms with Crippen LogP contribution in [-0.2, 0) is 10.0 Å². The molecule has 0 spiro atoms. The van der Waals surface area contributed by atoms with Crippen LogP contribution < -0.4 is 4.31 Å². The number of sulfonamides is 1. The van der Waals surface area contributed by atoms with Crippen LogP contribution in [0.2, 0.25) is 0 Å². The maximum Gasteiger partial charge on any atom is 0.268 e. The van der Waals surface area contributed by atoms with Crippen molar-refractivity contribution in [3.63, 3.8) is 0 Å². The Morgan fingerprint density at radius 1 is 1.16 bits per heavy atom. The average molecular weight is 376 g/mol. The molecule has 132 valence electrons. The van der Waals surface area contributed by atoms with E-state index in [-0.39, 0.29) is 10.9 Å². The first-order valence-electron chi connectivity index (χ1n) is 8.16. The SMILES string of the molecule is CCN(c1ccccc1)S(=O)(=O)c1cn(C(C)C)nc1-c1cccs1. The van der Waals surface area contributed by atoms with E-state index in [0.29, 0.717) is 17.9 Å². The van der Waals surface area contributed by atoms with Crippen LogP contribution in [0.15, 0.2) is 58.9 Å². The minimum Gasteiger partial charge on any atom is -0.268 e. The van der Waals surface area contributed by atoms with E-state index in [0.717, 1.165) is 4.88 Å². The number of rotatable bonds is 6. The monoisotopic (exact) mass is 375 g/mol. The van der Waals surface area contributed by atoms with Crippen molar-refractivity contribution in [1.29, 1.82) is 0 Å². The van der Waals surface area contributed by atoms with Gasteiger partial charge in [-0.1, -0.05) is 24.3 Å². The van der Waals surface area contributed by atoms with Gasteiger partial charge in [0, 0.05) is 18.8 Å². The molecule has 7 heteroatoms. The van der Waals surface area contributed by atoms with Crippen LogP contribution in [0.1, 0.15) is 26.8 Å². The molecule has 0 fully saturated rings. The number of aromatic nitrogens is 2. The molecule has 25 heavy (non-hydrogen) atoms. The van der Waals surface area contributed by atoms with Gasteiger partial charge in [-0.15, -0.1) is 11.3 Å². The van der Waals surface area contributed by atoms with Crippen molar-refractivity contribution >= 4 is 27.0 Å². The maximum absolute atomic E-state index is 13.4. The van der Waals surface area contributed by atoms with Crippen LogP contribution in [0.4, 0.5) is 5.69 Å². The maximum atomic E-state index is 13.4. The Morgan fingerprint density at radius 3 is 2.44 bits per heavy atom. The second-order valence-electron chi connectivity index (χ2n) is 5.90. The van der Waals surface area contributed by atoms with E-state index in [1.54, 1.807) is 23.0 Å². The molecule has 0 aliphatic rings.